The highest BCUT2D eigenvalue weighted by atomic mass is 127. The van der Waals surface area contributed by atoms with Crippen LogP contribution in [0.1, 0.15) is 0 Å². The van der Waals surface area contributed by atoms with E-state index in [4.69, 9.17) is 4.74 Å². The molecule has 2 rings (SSSR count). The van der Waals surface area contributed by atoms with E-state index in [1.807, 2.05) is 28.7 Å². The molecule has 0 fully saturated rings. The lowest BCUT2D eigenvalue weighted by atomic mass is 10.2. The zero-order chi connectivity index (χ0) is 11.0. The maximum Gasteiger partial charge on any atom is 0.213 e. The summed E-state index contributed by atoms with van der Waals surface area (Å²) in [5, 5.41) is 0.883. The first-order valence-corrected chi connectivity index (χ1v) is 5.99. The van der Waals surface area contributed by atoms with Crippen molar-refractivity contribution < 1.29 is 9.13 Å². The molecular weight excluding hydrogens is 376 g/mol. The molecule has 0 aliphatic rings. The van der Waals surface area contributed by atoms with Gasteiger partial charge in [-0.3, -0.25) is 0 Å². The van der Waals surface area contributed by atoms with E-state index in [1.54, 1.807) is 12.1 Å². The number of hydrogen-bond acceptors (Lipinski definition) is 2. The average Bonchev–Trinajstić information content (AvgIpc) is 2.26. The third kappa shape index (κ3) is 1.94. The minimum Gasteiger partial charge on any atom is -0.481 e. The zero-order valence-electron chi connectivity index (χ0n) is 7.72. The smallest absolute Gasteiger partial charge is 0.213 e. The first-order valence-electron chi connectivity index (χ1n) is 4.11. The van der Waals surface area contributed by atoms with E-state index in [9.17, 15) is 4.39 Å². The Bertz CT molecular complexity index is 532. The maximum atomic E-state index is 13.6. The minimum atomic E-state index is -0.288. The van der Waals surface area contributed by atoms with Gasteiger partial charge in [-0.2, -0.15) is 0 Å². The van der Waals surface area contributed by atoms with E-state index in [2.05, 4.69) is 20.9 Å². The summed E-state index contributed by atoms with van der Waals surface area (Å²) in [6, 6.07) is 5.32. The summed E-state index contributed by atoms with van der Waals surface area (Å²) in [5.41, 5.74) is 0.621. The summed E-state index contributed by atoms with van der Waals surface area (Å²) in [7, 11) is 1.54. The van der Waals surface area contributed by atoms with Crippen LogP contribution in [-0.2, 0) is 0 Å². The number of rotatable bonds is 1. The second kappa shape index (κ2) is 4.21. The Morgan fingerprint density at radius 3 is 2.87 bits per heavy atom. The Morgan fingerprint density at radius 2 is 2.20 bits per heavy atom. The van der Waals surface area contributed by atoms with Crippen molar-refractivity contribution in [3.63, 3.8) is 0 Å². The van der Waals surface area contributed by atoms with Crippen molar-refractivity contribution in [2.75, 3.05) is 7.11 Å². The molecular formula is C10H6BrFINO. The molecule has 2 aromatic rings. The van der Waals surface area contributed by atoms with Crippen molar-refractivity contribution in [2.24, 2.45) is 0 Å². The van der Waals surface area contributed by atoms with E-state index < -0.39 is 0 Å². The van der Waals surface area contributed by atoms with Gasteiger partial charge >= 0.3 is 0 Å². The molecule has 0 bridgehead atoms. The number of fused-ring (bicyclic) bond motifs is 1. The first-order chi connectivity index (χ1) is 7.13. The van der Waals surface area contributed by atoms with E-state index in [-0.39, 0.29) is 5.82 Å². The van der Waals surface area contributed by atoms with Crippen LogP contribution < -0.4 is 4.74 Å². The maximum absolute atomic E-state index is 13.6. The molecule has 0 aliphatic carbocycles. The van der Waals surface area contributed by atoms with Gasteiger partial charge in [0, 0.05) is 11.5 Å². The number of methoxy groups -OCH3 is 1. The summed E-state index contributed by atoms with van der Waals surface area (Å²) in [6.07, 6.45) is 0. The highest BCUT2D eigenvalue weighted by Crippen LogP contribution is 2.29. The Kier molecular flexibility index (Phi) is 3.11. The fourth-order valence-corrected chi connectivity index (χ4v) is 2.80. The SMILES string of the molecule is COc1ccc2cc(Br)c(F)c(I)c2n1. The van der Waals surface area contributed by atoms with Gasteiger partial charge in [0.1, 0.15) is 0 Å². The van der Waals surface area contributed by atoms with Crippen molar-refractivity contribution in [3.05, 3.63) is 32.1 Å². The number of nitrogens with zero attached hydrogens (tertiary/aromatic N) is 1. The average molecular weight is 382 g/mol. The van der Waals surface area contributed by atoms with Gasteiger partial charge < -0.3 is 4.74 Å². The van der Waals surface area contributed by atoms with Crippen molar-refractivity contribution in [1.29, 1.82) is 0 Å². The molecule has 1 aromatic heterocycles. The number of benzene rings is 1. The molecule has 78 valence electrons. The quantitative estimate of drug-likeness (QED) is 0.554. The third-order valence-electron chi connectivity index (χ3n) is 2.00. The fourth-order valence-electron chi connectivity index (χ4n) is 1.27. The van der Waals surface area contributed by atoms with Gasteiger partial charge in [-0.15, -0.1) is 0 Å². The fraction of sp³-hybridized carbons (Fsp3) is 0.100. The largest absolute Gasteiger partial charge is 0.481 e. The molecule has 0 N–H and O–H groups in total. The standard InChI is InChI=1S/C10H6BrFINO/c1-15-7-3-2-5-4-6(11)8(12)9(13)10(5)14-7/h2-4H,1H3. The zero-order valence-corrected chi connectivity index (χ0v) is 11.5. The number of aromatic nitrogens is 1. The van der Waals surface area contributed by atoms with E-state index in [0.29, 0.717) is 19.4 Å². The Morgan fingerprint density at radius 1 is 1.47 bits per heavy atom. The van der Waals surface area contributed by atoms with Crippen LogP contribution >= 0.6 is 38.5 Å². The van der Waals surface area contributed by atoms with Gasteiger partial charge in [-0.05, 0) is 50.7 Å². The second-order valence-electron chi connectivity index (χ2n) is 2.91. The van der Waals surface area contributed by atoms with Crippen LogP contribution in [0.4, 0.5) is 4.39 Å². The summed E-state index contributed by atoms with van der Waals surface area (Å²) >= 11 is 5.10. The lowest BCUT2D eigenvalue weighted by molar-refractivity contribution is 0.399. The highest BCUT2D eigenvalue weighted by molar-refractivity contribution is 14.1. The molecule has 0 saturated heterocycles. The van der Waals surface area contributed by atoms with Crippen LogP contribution in [0.2, 0.25) is 0 Å². The topological polar surface area (TPSA) is 22.1 Å². The van der Waals surface area contributed by atoms with Crippen LogP contribution in [0.15, 0.2) is 22.7 Å². The number of hydrogen-bond donors (Lipinski definition) is 0. The van der Waals surface area contributed by atoms with Crippen molar-refractivity contribution in [1.82, 2.24) is 4.98 Å². The number of ether oxygens (including phenoxy) is 1. The van der Waals surface area contributed by atoms with Crippen molar-refractivity contribution in [3.8, 4) is 5.88 Å². The molecule has 1 aromatic carbocycles. The van der Waals surface area contributed by atoms with E-state index in [0.717, 1.165) is 5.39 Å². The summed E-state index contributed by atoms with van der Waals surface area (Å²) < 4.78 is 19.5. The van der Waals surface area contributed by atoms with E-state index >= 15 is 0 Å². The Labute approximate surface area is 108 Å². The van der Waals surface area contributed by atoms with Crippen LogP contribution in [0.25, 0.3) is 10.9 Å². The summed E-state index contributed by atoms with van der Waals surface area (Å²) in [6.45, 7) is 0. The number of halogens is 3. The first kappa shape index (κ1) is 11.1. The van der Waals surface area contributed by atoms with Crippen LogP contribution in [0.3, 0.4) is 0 Å². The minimum absolute atomic E-state index is 0.288. The Hall–Kier alpha value is -0.430. The molecule has 0 atom stereocenters. The van der Waals surface area contributed by atoms with Gasteiger partial charge in [-0.25, -0.2) is 9.37 Å². The summed E-state index contributed by atoms with van der Waals surface area (Å²) in [5.74, 6) is 0.200. The van der Waals surface area contributed by atoms with Crippen molar-refractivity contribution in [2.45, 2.75) is 0 Å². The molecule has 1 heterocycles. The van der Waals surface area contributed by atoms with Gasteiger partial charge in [-0.1, -0.05) is 0 Å². The molecule has 15 heavy (non-hydrogen) atoms. The third-order valence-corrected chi connectivity index (χ3v) is 3.56. The molecule has 0 saturated carbocycles. The monoisotopic (exact) mass is 381 g/mol. The van der Waals surface area contributed by atoms with Crippen LogP contribution in [0.5, 0.6) is 5.88 Å². The molecule has 0 spiro atoms. The van der Waals surface area contributed by atoms with Gasteiger partial charge in [0.15, 0.2) is 5.82 Å². The highest BCUT2D eigenvalue weighted by Gasteiger charge is 2.11. The number of pyridine rings is 1. The predicted molar refractivity (Wildman–Crippen MR) is 68.7 cm³/mol. The van der Waals surface area contributed by atoms with Gasteiger partial charge in [0.05, 0.1) is 20.7 Å². The van der Waals surface area contributed by atoms with Gasteiger partial charge in [0.2, 0.25) is 5.88 Å². The molecule has 0 amide bonds. The van der Waals surface area contributed by atoms with Crippen molar-refractivity contribution >= 4 is 49.4 Å². The van der Waals surface area contributed by atoms with Crippen LogP contribution in [0, 0.1) is 9.39 Å². The van der Waals surface area contributed by atoms with E-state index in [1.165, 1.54) is 7.11 Å². The lowest BCUT2D eigenvalue weighted by Gasteiger charge is -2.05. The molecule has 0 unspecified atom stereocenters. The lowest BCUT2D eigenvalue weighted by Crippen LogP contribution is -1.93. The van der Waals surface area contributed by atoms with Gasteiger partial charge in [0.25, 0.3) is 0 Å². The van der Waals surface area contributed by atoms with Crippen LogP contribution in [-0.4, -0.2) is 12.1 Å². The molecule has 0 radical (unpaired) electrons. The predicted octanol–water partition coefficient (Wildman–Crippen LogP) is 3.75. The second-order valence-corrected chi connectivity index (χ2v) is 4.84. The molecule has 5 heteroatoms. The normalized spacial score (nSPS) is 10.7. The Balaban J connectivity index is 2.81. The summed E-state index contributed by atoms with van der Waals surface area (Å²) in [4.78, 5) is 4.20. The molecule has 2 nitrogen and oxygen atoms in total. The molecule has 0 aliphatic heterocycles.